The fraction of sp³-hybridized carbons (Fsp3) is 0.200. The van der Waals surface area contributed by atoms with Crippen molar-refractivity contribution in [1.82, 2.24) is 10.6 Å². The van der Waals surface area contributed by atoms with Crippen LogP contribution in [0.2, 0.25) is 5.02 Å². The van der Waals surface area contributed by atoms with E-state index in [2.05, 4.69) is 16.0 Å². The van der Waals surface area contributed by atoms with E-state index in [1.807, 2.05) is 0 Å². The number of halogens is 2. The molecule has 164 valence electrons. The molecule has 2 aromatic carbocycles. The van der Waals surface area contributed by atoms with Gasteiger partial charge in [0, 0.05) is 37.2 Å². The van der Waals surface area contributed by atoms with Crippen LogP contribution in [0.4, 0.5) is 10.1 Å². The fourth-order valence-electron chi connectivity index (χ4n) is 2.50. The normalized spacial score (nSPS) is 10.2. The van der Waals surface area contributed by atoms with E-state index in [9.17, 15) is 18.8 Å². The molecular weight excluding hydrogens is 429 g/mol. The molecule has 0 saturated carbocycles. The van der Waals surface area contributed by atoms with Gasteiger partial charge < -0.3 is 26.4 Å². The third kappa shape index (κ3) is 6.41. The third-order valence-corrected chi connectivity index (χ3v) is 4.33. The molecule has 0 fully saturated rings. The smallest absolute Gasteiger partial charge is 0.257 e. The molecule has 2 rings (SSSR count). The number of likely N-dealkylation sites (N-methyl/N-ethyl adjacent to an activating group) is 1. The monoisotopic (exact) mass is 449 g/mol. The molecule has 0 bridgehead atoms. The molecule has 3 amide bonds. The lowest BCUT2D eigenvalue weighted by molar-refractivity contribution is -0.122. The largest absolute Gasteiger partial charge is 0.483 e. The number of rotatable bonds is 8. The minimum absolute atomic E-state index is 0.00936. The molecule has 0 aromatic heterocycles. The molecule has 9 nitrogen and oxygen atoms in total. The highest BCUT2D eigenvalue weighted by atomic mass is 35.5. The number of benzene rings is 2. The summed E-state index contributed by atoms with van der Waals surface area (Å²) >= 11 is 5.82. The first-order valence-electron chi connectivity index (χ1n) is 8.98. The van der Waals surface area contributed by atoms with Gasteiger partial charge in [0.05, 0.1) is 10.7 Å². The molecule has 11 heteroatoms. The van der Waals surface area contributed by atoms with Crippen molar-refractivity contribution in [2.45, 2.75) is 13.5 Å². The van der Waals surface area contributed by atoms with Gasteiger partial charge in [-0.2, -0.15) is 0 Å². The average molecular weight is 450 g/mol. The van der Waals surface area contributed by atoms with Crippen LogP contribution in [0.3, 0.4) is 0 Å². The molecular formula is C20H21ClFN5O4. The topological polar surface area (TPSA) is 146 Å². The number of amidine groups is 1. The molecule has 0 radical (unpaired) electrons. The highest BCUT2D eigenvalue weighted by molar-refractivity contribution is 6.31. The Bertz CT molecular complexity index is 1040. The van der Waals surface area contributed by atoms with Crippen LogP contribution in [0.15, 0.2) is 30.3 Å². The maximum absolute atomic E-state index is 14.0. The van der Waals surface area contributed by atoms with Gasteiger partial charge in [-0.3, -0.25) is 19.8 Å². The van der Waals surface area contributed by atoms with Crippen molar-refractivity contribution >= 4 is 40.8 Å². The summed E-state index contributed by atoms with van der Waals surface area (Å²) in [6, 6.07) is 6.95. The van der Waals surface area contributed by atoms with E-state index in [4.69, 9.17) is 27.5 Å². The highest BCUT2D eigenvalue weighted by Gasteiger charge is 2.16. The van der Waals surface area contributed by atoms with Gasteiger partial charge in [0.15, 0.2) is 12.4 Å². The first-order valence-corrected chi connectivity index (χ1v) is 9.35. The van der Waals surface area contributed by atoms with Gasteiger partial charge in [-0.1, -0.05) is 23.7 Å². The standard InChI is InChI=1S/C20H21ClFN5O4/c1-10(28)27-15-6-13(5-14(21)18(15)22)20(30)26-8-12-4-3-11(19(23)24)7-16(12)31-9-17(29)25-2/h3-7H,8-9H2,1-2H3,(H3,23,24)(H,25,29)(H,26,30)(H,27,28). The summed E-state index contributed by atoms with van der Waals surface area (Å²) < 4.78 is 19.5. The Balaban J connectivity index is 2.22. The summed E-state index contributed by atoms with van der Waals surface area (Å²) in [6.07, 6.45) is 0. The number of hydrogen-bond donors (Lipinski definition) is 5. The number of nitrogens with two attached hydrogens (primary N) is 1. The first-order chi connectivity index (χ1) is 14.6. The Hall–Kier alpha value is -3.66. The number of amides is 3. The van der Waals surface area contributed by atoms with Gasteiger partial charge in [0.1, 0.15) is 11.6 Å². The molecule has 0 aliphatic heterocycles. The number of nitrogens with one attached hydrogen (secondary N) is 4. The van der Waals surface area contributed by atoms with Gasteiger partial charge >= 0.3 is 0 Å². The molecule has 0 unspecified atom stereocenters. The Labute approximate surface area is 182 Å². The summed E-state index contributed by atoms with van der Waals surface area (Å²) in [4.78, 5) is 35.3. The van der Waals surface area contributed by atoms with Crippen LogP contribution >= 0.6 is 11.6 Å². The Morgan fingerprint density at radius 2 is 1.90 bits per heavy atom. The van der Waals surface area contributed by atoms with Crippen molar-refractivity contribution in [3.05, 3.63) is 57.9 Å². The van der Waals surface area contributed by atoms with E-state index in [0.29, 0.717) is 11.1 Å². The van der Waals surface area contributed by atoms with Crippen molar-refractivity contribution in [2.24, 2.45) is 5.73 Å². The van der Waals surface area contributed by atoms with Crippen LogP contribution in [0.5, 0.6) is 5.75 Å². The molecule has 6 N–H and O–H groups in total. The van der Waals surface area contributed by atoms with Crippen molar-refractivity contribution in [3.63, 3.8) is 0 Å². The summed E-state index contributed by atoms with van der Waals surface area (Å²) in [5.41, 5.74) is 6.20. The zero-order valence-electron chi connectivity index (χ0n) is 16.8. The van der Waals surface area contributed by atoms with E-state index in [1.165, 1.54) is 26.1 Å². The highest BCUT2D eigenvalue weighted by Crippen LogP contribution is 2.25. The van der Waals surface area contributed by atoms with E-state index in [1.54, 1.807) is 12.1 Å². The van der Waals surface area contributed by atoms with Gasteiger partial charge in [0.2, 0.25) is 5.91 Å². The van der Waals surface area contributed by atoms with Gasteiger partial charge in [-0.15, -0.1) is 0 Å². The van der Waals surface area contributed by atoms with E-state index in [0.717, 1.165) is 6.07 Å². The fourth-order valence-corrected chi connectivity index (χ4v) is 2.72. The lowest BCUT2D eigenvalue weighted by Gasteiger charge is -2.14. The first kappa shape index (κ1) is 23.6. The SMILES string of the molecule is CNC(=O)COc1cc(C(=N)N)ccc1CNC(=O)c1cc(Cl)c(F)c(NC(C)=O)c1. The third-order valence-electron chi connectivity index (χ3n) is 4.06. The maximum atomic E-state index is 14.0. The minimum atomic E-state index is -0.849. The number of anilines is 1. The lowest BCUT2D eigenvalue weighted by Crippen LogP contribution is -2.26. The van der Waals surface area contributed by atoms with E-state index in [-0.39, 0.29) is 46.9 Å². The molecule has 0 saturated heterocycles. The van der Waals surface area contributed by atoms with Crippen molar-refractivity contribution in [2.75, 3.05) is 19.0 Å². The molecule has 0 heterocycles. The summed E-state index contributed by atoms with van der Waals surface area (Å²) in [5, 5.41) is 14.5. The predicted molar refractivity (Wildman–Crippen MR) is 114 cm³/mol. The van der Waals surface area contributed by atoms with Crippen LogP contribution < -0.4 is 26.4 Å². The summed E-state index contributed by atoms with van der Waals surface area (Å²) in [6.45, 7) is 0.919. The molecule has 0 atom stereocenters. The minimum Gasteiger partial charge on any atom is -0.483 e. The van der Waals surface area contributed by atoms with Crippen molar-refractivity contribution in [1.29, 1.82) is 5.41 Å². The summed E-state index contributed by atoms with van der Waals surface area (Å²) in [7, 11) is 1.46. The molecule has 0 aliphatic carbocycles. The molecule has 0 aliphatic rings. The zero-order chi connectivity index (χ0) is 23.1. The van der Waals surface area contributed by atoms with Crippen LogP contribution in [0.25, 0.3) is 0 Å². The zero-order valence-corrected chi connectivity index (χ0v) is 17.5. The number of carbonyl (C=O) groups is 3. The van der Waals surface area contributed by atoms with Gasteiger partial charge in [-0.05, 0) is 18.2 Å². The molecule has 0 spiro atoms. The van der Waals surface area contributed by atoms with Crippen LogP contribution in [0, 0.1) is 11.2 Å². The quantitative estimate of drug-likeness (QED) is 0.308. The lowest BCUT2D eigenvalue weighted by atomic mass is 10.1. The van der Waals surface area contributed by atoms with Gasteiger partial charge in [-0.25, -0.2) is 4.39 Å². The van der Waals surface area contributed by atoms with Crippen LogP contribution in [0.1, 0.15) is 28.4 Å². The summed E-state index contributed by atoms with van der Waals surface area (Å²) in [5.74, 6) is -2.25. The van der Waals surface area contributed by atoms with Crippen LogP contribution in [-0.4, -0.2) is 37.2 Å². The van der Waals surface area contributed by atoms with E-state index >= 15 is 0 Å². The number of ether oxygens (including phenoxy) is 1. The Morgan fingerprint density at radius 1 is 1.19 bits per heavy atom. The van der Waals surface area contributed by atoms with Crippen molar-refractivity contribution in [3.8, 4) is 5.75 Å². The molecule has 31 heavy (non-hydrogen) atoms. The second kappa shape index (κ2) is 10.4. The Kier molecular flexibility index (Phi) is 7.92. The number of hydrogen-bond acceptors (Lipinski definition) is 5. The average Bonchev–Trinajstić information content (AvgIpc) is 2.72. The predicted octanol–water partition coefficient (Wildman–Crippen LogP) is 1.78. The number of nitrogen functional groups attached to an aromatic ring is 1. The second-order valence-corrected chi connectivity index (χ2v) is 6.79. The number of carbonyl (C=O) groups excluding carboxylic acids is 3. The van der Waals surface area contributed by atoms with Crippen LogP contribution in [-0.2, 0) is 16.1 Å². The molecule has 2 aromatic rings. The maximum Gasteiger partial charge on any atom is 0.257 e. The van der Waals surface area contributed by atoms with E-state index < -0.39 is 17.6 Å². The van der Waals surface area contributed by atoms with Gasteiger partial charge in [0.25, 0.3) is 11.8 Å². The van der Waals surface area contributed by atoms with Crippen molar-refractivity contribution < 1.29 is 23.5 Å². The Morgan fingerprint density at radius 3 is 2.52 bits per heavy atom. The second-order valence-electron chi connectivity index (χ2n) is 6.38.